The van der Waals surface area contributed by atoms with Gasteiger partial charge in [0.2, 0.25) is 5.82 Å². The van der Waals surface area contributed by atoms with Crippen molar-refractivity contribution in [2.45, 2.75) is 63.8 Å². The number of pyridine rings is 1. The number of carbonyl (C=O) groups excluding carboxylic acids is 1. The van der Waals surface area contributed by atoms with Crippen LogP contribution in [0.4, 0.5) is 30.9 Å². The van der Waals surface area contributed by atoms with Crippen molar-refractivity contribution in [2.75, 3.05) is 23.3 Å². The van der Waals surface area contributed by atoms with Gasteiger partial charge in [-0.3, -0.25) is 0 Å². The number of aromatic nitrogens is 3. The molecule has 3 aromatic rings. The second-order valence-corrected chi connectivity index (χ2v) is 10.8. The average molecular weight is 511 g/mol. The molecular weight excluding hydrogens is 482 g/mol. The minimum atomic E-state index is -1.04. The van der Waals surface area contributed by atoms with E-state index in [9.17, 15) is 13.6 Å². The van der Waals surface area contributed by atoms with Gasteiger partial charge < -0.3 is 24.6 Å². The van der Waals surface area contributed by atoms with E-state index in [4.69, 9.17) is 14.5 Å². The Hall–Kier alpha value is -3.76. The predicted octanol–water partition coefficient (Wildman–Crippen LogP) is 4.79. The number of hydrogen-bond acceptors (Lipinski definition) is 8. The zero-order valence-corrected chi connectivity index (χ0v) is 20.9. The van der Waals surface area contributed by atoms with Crippen LogP contribution in [0.2, 0.25) is 0 Å². The minimum Gasteiger partial charge on any atom is -0.487 e. The van der Waals surface area contributed by atoms with E-state index in [2.05, 4.69) is 20.2 Å². The summed E-state index contributed by atoms with van der Waals surface area (Å²) in [5, 5.41) is 2.88. The van der Waals surface area contributed by atoms with Crippen LogP contribution in [0.25, 0.3) is 11.0 Å². The number of piperazine rings is 1. The number of rotatable bonds is 5. The molecule has 1 N–H and O–H groups in total. The van der Waals surface area contributed by atoms with Crippen molar-refractivity contribution >= 4 is 34.4 Å². The smallest absolute Gasteiger partial charge is 0.410 e. The number of likely N-dealkylation sites (tertiary alicyclic amines) is 1. The molecule has 37 heavy (non-hydrogen) atoms. The molecule has 0 radical (unpaired) electrons. The second-order valence-electron chi connectivity index (χ2n) is 10.8. The number of halogens is 2. The number of fused-ring (bicyclic) bond motifs is 3. The first kappa shape index (κ1) is 23.6. The summed E-state index contributed by atoms with van der Waals surface area (Å²) in [6.07, 6.45) is 3.53. The van der Waals surface area contributed by atoms with Crippen molar-refractivity contribution in [3.05, 3.63) is 42.2 Å². The van der Waals surface area contributed by atoms with E-state index >= 15 is 0 Å². The molecule has 1 aliphatic carbocycles. The van der Waals surface area contributed by atoms with Crippen molar-refractivity contribution in [1.29, 1.82) is 0 Å². The van der Waals surface area contributed by atoms with Gasteiger partial charge in [-0.15, -0.1) is 0 Å². The molecule has 1 saturated carbocycles. The number of ether oxygens (including phenoxy) is 2. The van der Waals surface area contributed by atoms with Gasteiger partial charge in [0.05, 0.1) is 29.4 Å². The minimum absolute atomic E-state index is 0.0374. The number of hydrogen-bond donors (Lipinski definition) is 1. The van der Waals surface area contributed by atoms with Crippen molar-refractivity contribution in [3.8, 4) is 5.75 Å². The van der Waals surface area contributed by atoms with Crippen molar-refractivity contribution in [3.63, 3.8) is 0 Å². The summed E-state index contributed by atoms with van der Waals surface area (Å²) >= 11 is 0. The lowest BCUT2D eigenvalue weighted by atomic mass is 10.2. The lowest BCUT2D eigenvalue weighted by Gasteiger charge is -2.35. The van der Waals surface area contributed by atoms with Gasteiger partial charge in [0.25, 0.3) is 0 Å². The van der Waals surface area contributed by atoms with Crippen LogP contribution in [0.3, 0.4) is 0 Å². The van der Waals surface area contributed by atoms with Gasteiger partial charge in [-0.2, -0.15) is 4.39 Å². The number of nitrogens with one attached hydrogen (secondary N) is 1. The van der Waals surface area contributed by atoms with Gasteiger partial charge in [0.15, 0.2) is 17.4 Å². The maximum atomic E-state index is 14.8. The van der Waals surface area contributed by atoms with Crippen LogP contribution in [0.15, 0.2) is 30.6 Å². The van der Waals surface area contributed by atoms with Crippen LogP contribution in [0.5, 0.6) is 5.75 Å². The Kier molecular flexibility index (Phi) is 5.54. The standard InChI is InChI=1S/C26H28F2N6O3/c1-26(2,3)37-25(35)34-12-14-10-15(34)11-33(14)20-9-7-18-23(32-20)24(30-13-29-18)31-17-6-8-19(22(28)21(17)27)36-16-4-5-16/h6-9,13-16H,4-5,10-12H2,1-3H3,(H,29,30,31)/t14-,15-/m0/s1. The molecule has 2 bridgehead atoms. The summed E-state index contributed by atoms with van der Waals surface area (Å²) in [5.74, 6) is -1.20. The number of amides is 1. The molecule has 194 valence electrons. The van der Waals surface area contributed by atoms with Gasteiger partial charge in [0, 0.05) is 13.1 Å². The SMILES string of the molecule is CC(C)(C)OC(=O)N1C[C@@H]2C[C@H]1CN2c1ccc2ncnc(Nc3ccc(OC4CC4)c(F)c3F)c2n1. The monoisotopic (exact) mass is 510 g/mol. The molecule has 3 aliphatic rings. The summed E-state index contributed by atoms with van der Waals surface area (Å²) in [4.78, 5) is 29.8. The normalized spacial score (nSPS) is 21.0. The van der Waals surface area contributed by atoms with Crippen LogP contribution >= 0.6 is 0 Å². The number of anilines is 3. The molecule has 1 amide bonds. The maximum Gasteiger partial charge on any atom is 0.410 e. The highest BCUT2D eigenvalue weighted by Gasteiger charge is 2.47. The molecule has 1 aromatic carbocycles. The highest BCUT2D eigenvalue weighted by atomic mass is 19.2. The Bertz CT molecular complexity index is 1380. The highest BCUT2D eigenvalue weighted by molar-refractivity contribution is 5.88. The maximum absolute atomic E-state index is 14.8. The third-order valence-electron chi connectivity index (χ3n) is 6.75. The van der Waals surface area contributed by atoms with Crippen LogP contribution in [-0.4, -0.2) is 62.8 Å². The van der Waals surface area contributed by atoms with E-state index in [1.54, 1.807) is 4.90 Å². The summed E-state index contributed by atoms with van der Waals surface area (Å²) in [7, 11) is 0. The Morgan fingerprint density at radius 2 is 1.86 bits per heavy atom. The topological polar surface area (TPSA) is 92.7 Å². The molecule has 2 atom stereocenters. The molecular formula is C26H28F2N6O3. The van der Waals surface area contributed by atoms with Crippen LogP contribution < -0.4 is 15.0 Å². The fraction of sp³-hybridized carbons (Fsp3) is 0.462. The van der Waals surface area contributed by atoms with Crippen molar-refractivity contribution in [2.24, 2.45) is 0 Å². The molecule has 0 spiro atoms. The zero-order valence-electron chi connectivity index (χ0n) is 20.9. The first-order chi connectivity index (χ1) is 17.7. The fourth-order valence-corrected chi connectivity index (χ4v) is 4.89. The van der Waals surface area contributed by atoms with Gasteiger partial charge in [-0.05, 0) is 64.3 Å². The Balaban J connectivity index is 1.23. The molecule has 6 rings (SSSR count). The first-order valence-corrected chi connectivity index (χ1v) is 12.5. The zero-order chi connectivity index (χ0) is 25.9. The van der Waals surface area contributed by atoms with Crippen molar-refractivity contribution in [1.82, 2.24) is 19.9 Å². The third kappa shape index (κ3) is 4.58. The quantitative estimate of drug-likeness (QED) is 0.524. The summed E-state index contributed by atoms with van der Waals surface area (Å²) in [5.41, 5.74) is 0.385. The molecule has 9 nitrogen and oxygen atoms in total. The van der Waals surface area contributed by atoms with Crippen LogP contribution in [0, 0.1) is 11.6 Å². The Morgan fingerprint density at radius 1 is 1.05 bits per heavy atom. The lowest BCUT2D eigenvalue weighted by molar-refractivity contribution is 0.0214. The number of benzene rings is 1. The van der Waals surface area contributed by atoms with Crippen molar-refractivity contribution < 1.29 is 23.0 Å². The highest BCUT2D eigenvalue weighted by Crippen LogP contribution is 2.37. The van der Waals surface area contributed by atoms with Crippen LogP contribution in [-0.2, 0) is 4.74 Å². The predicted molar refractivity (Wildman–Crippen MR) is 133 cm³/mol. The van der Waals surface area contributed by atoms with E-state index in [1.165, 1.54) is 18.5 Å². The molecule has 2 saturated heterocycles. The molecule has 2 aromatic heterocycles. The molecule has 11 heteroatoms. The van der Waals surface area contributed by atoms with Gasteiger partial charge in [0.1, 0.15) is 23.3 Å². The third-order valence-corrected chi connectivity index (χ3v) is 6.75. The molecule has 3 fully saturated rings. The largest absolute Gasteiger partial charge is 0.487 e. The summed E-state index contributed by atoms with van der Waals surface area (Å²) in [6, 6.07) is 6.69. The van der Waals surface area contributed by atoms with E-state index in [1.807, 2.05) is 32.9 Å². The van der Waals surface area contributed by atoms with Gasteiger partial charge >= 0.3 is 6.09 Å². The number of nitrogens with zero attached hydrogens (tertiary/aromatic N) is 5. The van der Waals surface area contributed by atoms with Gasteiger partial charge in [-0.25, -0.2) is 24.1 Å². The molecule has 2 aliphatic heterocycles. The number of carbonyl (C=O) groups is 1. The van der Waals surface area contributed by atoms with E-state index in [-0.39, 0.29) is 41.5 Å². The average Bonchev–Trinajstić information content (AvgIpc) is 3.44. The Labute approximate surface area is 212 Å². The molecule has 0 unspecified atom stereocenters. The van der Waals surface area contributed by atoms with Gasteiger partial charge in [-0.1, -0.05) is 0 Å². The van der Waals surface area contributed by atoms with E-state index < -0.39 is 17.2 Å². The van der Waals surface area contributed by atoms with E-state index in [0.717, 1.165) is 19.3 Å². The first-order valence-electron chi connectivity index (χ1n) is 12.5. The van der Waals surface area contributed by atoms with Crippen LogP contribution in [0.1, 0.15) is 40.0 Å². The Morgan fingerprint density at radius 3 is 2.57 bits per heavy atom. The lowest BCUT2D eigenvalue weighted by Crippen LogP contribution is -2.50. The van der Waals surface area contributed by atoms with E-state index in [0.29, 0.717) is 29.9 Å². The summed E-state index contributed by atoms with van der Waals surface area (Å²) in [6.45, 7) is 6.75. The fourth-order valence-electron chi connectivity index (χ4n) is 4.89. The summed E-state index contributed by atoms with van der Waals surface area (Å²) < 4.78 is 40.4. The molecule has 4 heterocycles. The second kappa shape index (κ2) is 8.67.